The van der Waals surface area contributed by atoms with E-state index in [0.717, 1.165) is 69.6 Å². The van der Waals surface area contributed by atoms with E-state index >= 15 is 0 Å². The third-order valence-electron chi connectivity index (χ3n) is 22.0. The molecular formula is C82H113N41O22S4. The summed E-state index contributed by atoms with van der Waals surface area (Å²) >= 11 is 0. The standard InChI is InChI=1S/C82H113N41O22S4/c1-47-31-119(81(144)110-73(47)138)38-60(132)114-23-16-91-57(129)35-117(62(134)40-121-44-98-65-68(83)96-43-97-70(65)121)25-18-92-58(130)36-118(64(136)42-123-46-100-67-72(123)107-80(86)109-78(67)143)26-19-93-56(128)34-116(63(135)41-122-45-99-66-71(122)106-79(85)108-77(66)142)22-15-89-52(124)11-27-146-149-30-21-95-75(140)51(9-10-53(125)103-49(69(84)137)7-3-5-13-101-112-87)105-76(141)50(8-4-6-14-102-113-88)104-54(126)12-28-147-148-29-20-94-59(131)37-115(24-17-90-55(127)33-114)61(133)39-120-32-48(2)74(139)111-82(120)145/h31-32,43-46,49-51H,3-30,33-42H2,1-2H3,(H2,84,137)(H,89,124)(H,90,127)(H,91,129)(H,92,130)(H,93,128)(H,94,131)(H,95,140)(H,103,125)(H,104,126)(H,105,141)(H2,83,96,97)(H,110,138,144)(H,111,139,145)(H3,85,106,108,142)(H3,86,107,109,143)/t49-,50-,51-/m0/s1. The van der Waals surface area contributed by atoms with Gasteiger partial charge < -0.3 is 114 Å². The van der Waals surface area contributed by atoms with Crippen molar-refractivity contribution in [2.24, 2.45) is 16.0 Å². The molecule has 8 aromatic heterocycles. The summed E-state index contributed by atoms with van der Waals surface area (Å²) in [4.78, 5) is 349. The molecule has 1 aliphatic heterocycles. The van der Waals surface area contributed by atoms with Crippen LogP contribution in [0.4, 0.5) is 17.7 Å². The highest BCUT2D eigenvalue weighted by Crippen LogP contribution is 2.23. The number of rotatable bonds is 25. The fourth-order valence-electron chi connectivity index (χ4n) is 14.4. The van der Waals surface area contributed by atoms with E-state index in [9.17, 15) is 105 Å². The summed E-state index contributed by atoms with van der Waals surface area (Å²) < 4.78 is 5.37. The van der Waals surface area contributed by atoms with E-state index in [1.165, 1.54) is 72.5 Å². The summed E-state index contributed by atoms with van der Waals surface area (Å²) in [6.07, 6.45) is 6.90. The van der Waals surface area contributed by atoms with Crippen LogP contribution in [-0.2, 0) is 109 Å². The largest absolute Gasteiger partial charge is 0.382 e. The van der Waals surface area contributed by atoms with Crippen molar-refractivity contribution in [3.8, 4) is 0 Å². The lowest BCUT2D eigenvalue weighted by molar-refractivity contribution is -0.138. The first-order chi connectivity index (χ1) is 71.3. The normalized spacial score (nSPS) is 16.8. The third-order valence-corrected chi connectivity index (χ3v) is 26.8. The highest BCUT2D eigenvalue weighted by atomic mass is 33.1. The number of nitrogen functional groups attached to an aromatic ring is 3. The highest BCUT2D eigenvalue weighted by molar-refractivity contribution is 8.77. The zero-order valence-corrected chi connectivity index (χ0v) is 84.0. The maximum Gasteiger partial charge on any atom is 0.328 e. The summed E-state index contributed by atoms with van der Waals surface area (Å²) in [5.41, 5.74) is 35.7. The minimum Gasteiger partial charge on any atom is -0.382 e. The zero-order valence-electron chi connectivity index (χ0n) is 80.8. The number of carbonyl (C=O) groups is 16. The Hall–Kier alpha value is -16.4. The van der Waals surface area contributed by atoms with E-state index in [2.05, 4.69) is 128 Å². The molecule has 1 fully saturated rings. The van der Waals surface area contributed by atoms with Gasteiger partial charge in [-0.2, -0.15) is 9.97 Å². The summed E-state index contributed by atoms with van der Waals surface area (Å²) in [6.45, 7) is -8.62. The second kappa shape index (κ2) is 59.2. The number of anilines is 3. The van der Waals surface area contributed by atoms with E-state index in [1.54, 1.807) is 0 Å². The molecule has 63 nitrogen and oxygen atoms in total. The van der Waals surface area contributed by atoms with E-state index in [0.29, 0.717) is 12.8 Å². The predicted molar refractivity (Wildman–Crippen MR) is 540 cm³/mol. The van der Waals surface area contributed by atoms with Gasteiger partial charge in [0.1, 0.15) is 62.7 Å². The number of unbranched alkanes of at least 4 members (excludes halogenated alkanes) is 2. The van der Waals surface area contributed by atoms with Gasteiger partial charge in [-0.15, -0.1) is 0 Å². The molecule has 0 saturated carbocycles. The second-order valence-electron chi connectivity index (χ2n) is 33.1. The van der Waals surface area contributed by atoms with Crippen LogP contribution >= 0.6 is 43.2 Å². The molecule has 22 N–H and O–H groups in total. The Balaban J connectivity index is 0.964. The number of H-pyrrole nitrogens is 4. The molecule has 0 spiro atoms. The molecule has 67 heteroatoms. The Bertz CT molecular complexity index is 6680. The zero-order chi connectivity index (χ0) is 108. The first-order valence-electron chi connectivity index (χ1n) is 46.2. The van der Waals surface area contributed by atoms with Crippen molar-refractivity contribution in [1.29, 1.82) is 0 Å². The molecule has 0 bridgehead atoms. The number of fused-ring (bicyclic) bond motifs is 3. The molecule has 0 aliphatic carbocycles. The minimum absolute atomic E-state index is 0.0125. The van der Waals surface area contributed by atoms with Crippen molar-refractivity contribution in [1.82, 2.24) is 155 Å². The molecule has 802 valence electrons. The van der Waals surface area contributed by atoms with Gasteiger partial charge in [-0.3, -0.25) is 125 Å². The number of imidazole rings is 3. The molecule has 16 amide bonds. The fourth-order valence-corrected chi connectivity index (χ4v) is 18.2. The predicted octanol–water partition coefficient (Wildman–Crippen LogP) is -8.25. The lowest BCUT2D eigenvalue weighted by atomic mass is 10.1. The SMILES string of the molecule is Cc1cn(CC(=O)N2CCNC(=O)CN(C(=O)Cn3cc(C)c(=O)[nH]c3=O)CCNC(=O)CN(C(=O)Cn3cnc4c(N)ncnc43)CCNC(=O)CN(C(=O)Cn3cnc4c(=O)[nH]c(N)nc43)CCNC(=O)CN(C(=O)Cn3cnc4c(=O)[nH]c(N)nc43)CCNC(=O)CCSSCCNC(=O)[C@H](CCC(=O)N[C@@H](CCCCN=[N+]=[N-])C(N)=O)NC(=O)[C@H](CCCCN=[N+]=[N-])NC(=O)CCSSCCNC(=O)C2)c(=O)[nH]c1=O. The lowest BCUT2D eigenvalue weighted by Gasteiger charge is -2.26. The molecule has 0 radical (unpaired) electrons. The number of amides is 16. The fraction of sp³-hybridized carbons (Fsp3) is 0.524. The van der Waals surface area contributed by atoms with Crippen LogP contribution < -0.4 is 110 Å². The third kappa shape index (κ3) is 37.8. The van der Waals surface area contributed by atoms with Gasteiger partial charge in [-0.05, 0) is 57.0 Å². The van der Waals surface area contributed by atoms with E-state index in [-0.39, 0.29) is 170 Å². The summed E-state index contributed by atoms with van der Waals surface area (Å²) in [7, 11) is 4.87. The topological polar surface area (TPSA) is 892 Å². The van der Waals surface area contributed by atoms with Crippen molar-refractivity contribution in [3.63, 3.8) is 0 Å². The molecule has 3 atom stereocenters. The van der Waals surface area contributed by atoms with Crippen molar-refractivity contribution in [2.75, 3.05) is 165 Å². The minimum atomic E-state index is -1.45. The van der Waals surface area contributed by atoms with Gasteiger partial charge in [0.15, 0.2) is 33.8 Å². The average molecular weight is 2150 g/mol. The first-order valence-corrected chi connectivity index (χ1v) is 51.2. The Morgan fingerprint density at radius 1 is 0.423 bits per heavy atom. The number of carbonyl (C=O) groups excluding carboxylic acids is 16. The number of primary amides is 1. The van der Waals surface area contributed by atoms with Gasteiger partial charge in [0.05, 0.1) is 51.7 Å². The molecule has 0 unspecified atom stereocenters. The Kier molecular flexibility index (Phi) is 46.2. The maximum absolute atomic E-state index is 14.6. The Morgan fingerprint density at radius 2 is 0.799 bits per heavy atom. The van der Waals surface area contributed by atoms with Crippen LogP contribution in [-0.4, -0.2) is 362 Å². The van der Waals surface area contributed by atoms with Crippen LogP contribution in [0.5, 0.6) is 0 Å². The molecule has 9 rings (SSSR count). The number of aromatic nitrogens is 16. The van der Waals surface area contributed by atoms with Crippen molar-refractivity contribution in [3.05, 3.63) is 132 Å². The Morgan fingerprint density at radius 3 is 1.23 bits per heavy atom. The number of nitrogens with zero attached hydrogens (tertiary/aromatic N) is 23. The number of nitrogens with one attached hydrogen (secondary N) is 14. The average Bonchev–Trinajstić information content (AvgIpc) is 1.67. The molecule has 1 aliphatic rings. The number of azide groups is 2. The number of aromatic amines is 4. The van der Waals surface area contributed by atoms with Gasteiger partial charge in [0.25, 0.3) is 22.2 Å². The number of nitrogens with two attached hydrogens (primary N) is 4. The Labute approximate surface area is 858 Å². The van der Waals surface area contributed by atoms with Crippen LogP contribution in [0.2, 0.25) is 0 Å². The summed E-state index contributed by atoms with van der Waals surface area (Å²) in [5.74, 6) is -12.8. The van der Waals surface area contributed by atoms with Crippen LogP contribution in [0.25, 0.3) is 54.4 Å². The van der Waals surface area contributed by atoms with Gasteiger partial charge in [0, 0.05) is 167 Å². The molecule has 0 aromatic carbocycles. The lowest BCUT2D eigenvalue weighted by Crippen LogP contribution is -2.54. The van der Waals surface area contributed by atoms with Gasteiger partial charge in [-0.1, -0.05) is 66.2 Å². The summed E-state index contributed by atoms with van der Waals surface area (Å²) in [5, 5.41) is 33.4. The first kappa shape index (κ1) is 116. The maximum atomic E-state index is 14.6. The molecule has 8 aromatic rings. The van der Waals surface area contributed by atoms with E-state index in [4.69, 9.17) is 34.0 Å². The second-order valence-corrected chi connectivity index (χ2v) is 38.5. The van der Waals surface area contributed by atoms with E-state index < -0.39 is 270 Å². The smallest absolute Gasteiger partial charge is 0.328 e. The van der Waals surface area contributed by atoms with Crippen LogP contribution in [0.15, 0.2) is 76.7 Å². The highest BCUT2D eigenvalue weighted by Gasteiger charge is 2.32. The molecular weight excluding hydrogens is 2040 g/mol. The van der Waals surface area contributed by atoms with Gasteiger partial charge in [-0.25, -0.2) is 34.5 Å². The quantitative estimate of drug-likeness (QED) is 0.00831. The van der Waals surface area contributed by atoms with Crippen molar-refractivity contribution >= 4 is 189 Å². The van der Waals surface area contributed by atoms with Gasteiger partial charge >= 0.3 is 11.4 Å². The number of hydrogen-bond acceptors (Lipinski definition) is 38. The molecule has 1 saturated heterocycles. The van der Waals surface area contributed by atoms with Crippen LogP contribution in [0, 0.1) is 13.8 Å². The molecule has 9 heterocycles. The number of aryl methyl sites for hydroxylation is 2. The van der Waals surface area contributed by atoms with Crippen molar-refractivity contribution in [2.45, 2.75) is 129 Å². The van der Waals surface area contributed by atoms with Gasteiger partial charge in [0.2, 0.25) is 106 Å². The molecule has 149 heavy (non-hydrogen) atoms. The van der Waals surface area contributed by atoms with Crippen LogP contribution in [0.3, 0.4) is 0 Å². The number of hydrogen-bond donors (Lipinski definition) is 18. The van der Waals surface area contributed by atoms with Crippen LogP contribution in [0.1, 0.15) is 75.3 Å². The summed E-state index contributed by atoms with van der Waals surface area (Å²) in [6, 6.07) is -3.93. The monoisotopic (exact) mass is 2150 g/mol. The van der Waals surface area contributed by atoms with Crippen molar-refractivity contribution < 1.29 is 76.7 Å². The van der Waals surface area contributed by atoms with E-state index in [1.807, 2.05) is 0 Å².